The Morgan fingerprint density at radius 2 is 1.48 bits per heavy atom. The minimum absolute atomic E-state index is 0.0356. The third kappa shape index (κ3) is 2.92. The van der Waals surface area contributed by atoms with E-state index in [9.17, 15) is 22.7 Å². The minimum Gasteiger partial charge on any atom is -0.374 e. The molecule has 2 aromatic rings. The van der Waals surface area contributed by atoms with E-state index in [0.717, 1.165) is 12.1 Å². The van der Waals surface area contributed by atoms with Gasteiger partial charge in [0.05, 0.1) is 13.2 Å². The van der Waals surface area contributed by atoms with Gasteiger partial charge in [0.1, 0.15) is 0 Å². The van der Waals surface area contributed by atoms with Crippen LogP contribution in [0.15, 0.2) is 60.7 Å². The molecular formula is C18H16F4O3. The van der Waals surface area contributed by atoms with Crippen molar-refractivity contribution in [1.82, 2.24) is 0 Å². The molecule has 3 rings (SSSR count). The number of aliphatic hydroxyl groups is 1. The molecule has 1 aliphatic rings. The average molecular weight is 356 g/mol. The van der Waals surface area contributed by atoms with E-state index in [4.69, 9.17) is 9.47 Å². The van der Waals surface area contributed by atoms with Crippen LogP contribution in [0.3, 0.4) is 0 Å². The fourth-order valence-corrected chi connectivity index (χ4v) is 2.69. The molecule has 7 heteroatoms. The van der Waals surface area contributed by atoms with E-state index in [-0.39, 0.29) is 6.61 Å². The number of benzene rings is 2. The molecule has 134 valence electrons. The zero-order valence-corrected chi connectivity index (χ0v) is 13.0. The van der Waals surface area contributed by atoms with Crippen molar-refractivity contribution < 1.29 is 32.1 Å². The van der Waals surface area contributed by atoms with Gasteiger partial charge in [0, 0.05) is 5.56 Å². The summed E-state index contributed by atoms with van der Waals surface area (Å²) in [6.07, 6.45) is -2.28. The van der Waals surface area contributed by atoms with E-state index < -0.39 is 35.9 Å². The monoisotopic (exact) mass is 356 g/mol. The van der Waals surface area contributed by atoms with E-state index in [1.807, 2.05) is 0 Å². The highest BCUT2D eigenvalue weighted by Gasteiger charge is 2.80. The Kier molecular flexibility index (Phi) is 4.57. The number of ether oxygens (including phenoxy) is 2. The van der Waals surface area contributed by atoms with Crippen LogP contribution in [-0.2, 0) is 21.9 Å². The fraction of sp³-hybridized carbons (Fsp3) is 0.333. The van der Waals surface area contributed by atoms with Gasteiger partial charge < -0.3 is 14.6 Å². The zero-order chi connectivity index (χ0) is 18.1. The van der Waals surface area contributed by atoms with Gasteiger partial charge in [0.15, 0.2) is 6.10 Å². The van der Waals surface area contributed by atoms with Crippen molar-refractivity contribution in [3.05, 3.63) is 71.8 Å². The summed E-state index contributed by atoms with van der Waals surface area (Å²) in [5, 5.41) is 10.2. The largest absolute Gasteiger partial charge is 0.374 e. The zero-order valence-electron chi connectivity index (χ0n) is 13.0. The Morgan fingerprint density at radius 1 is 0.920 bits per heavy atom. The first kappa shape index (κ1) is 17.8. The van der Waals surface area contributed by atoms with Crippen molar-refractivity contribution >= 4 is 0 Å². The molecule has 3 nitrogen and oxygen atoms in total. The highest BCUT2D eigenvalue weighted by Crippen LogP contribution is 2.56. The molecule has 0 aliphatic carbocycles. The highest BCUT2D eigenvalue weighted by molar-refractivity contribution is 5.27. The molecule has 2 atom stereocenters. The van der Waals surface area contributed by atoms with Gasteiger partial charge in [-0.1, -0.05) is 60.7 Å². The van der Waals surface area contributed by atoms with Gasteiger partial charge in [0.2, 0.25) is 0 Å². The number of alkyl halides is 4. The topological polar surface area (TPSA) is 38.7 Å². The smallest absolute Gasteiger partial charge is 0.369 e. The van der Waals surface area contributed by atoms with Crippen molar-refractivity contribution in [1.29, 1.82) is 0 Å². The standard InChI is InChI=1S/C18H16F4O3/c19-16(20)15(12-24-11-13-7-3-1-4-8-13)25-17(23,18(16,21)22)14-9-5-2-6-10-14/h1-10,15,23H,11-12H2/t15-,17+/m1/s1. The van der Waals surface area contributed by atoms with Crippen LogP contribution >= 0.6 is 0 Å². The first-order chi connectivity index (χ1) is 11.8. The Hall–Kier alpha value is -1.96. The number of rotatable bonds is 5. The molecule has 0 amide bonds. The van der Waals surface area contributed by atoms with Crippen LogP contribution in [0.2, 0.25) is 0 Å². The van der Waals surface area contributed by atoms with Crippen LogP contribution in [0.5, 0.6) is 0 Å². The SMILES string of the molecule is O[C@@]1(c2ccccc2)O[C@H](COCc2ccccc2)C(F)(F)C1(F)F. The number of hydrogen-bond acceptors (Lipinski definition) is 3. The molecule has 1 N–H and O–H groups in total. The molecule has 0 spiro atoms. The van der Waals surface area contributed by atoms with E-state index in [2.05, 4.69) is 0 Å². The average Bonchev–Trinajstić information content (AvgIpc) is 2.75. The lowest BCUT2D eigenvalue weighted by Gasteiger charge is -2.29. The van der Waals surface area contributed by atoms with Crippen molar-refractivity contribution in [3.63, 3.8) is 0 Å². The first-order valence-electron chi connectivity index (χ1n) is 7.62. The maximum absolute atomic E-state index is 14.3. The molecule has 2 aromatic carbocycles. The second-order valence-corrected chi connectivity index (χ2v) is 5.81. The van der Waals surface area contributed by atoms with Gasteiger partial charge in [0.25, 0.3) is 5.79 Å². The van der Waals surface area contributed by atoms with Crippen LogP contribution < -0.4 is 0 Å². The Bertz CT molecular complexity index is 709. The van der Waals surface area contributed by atoms with Crippen molar-refractivity contribution in [3.8, 4) is 0 Å². The van der Waals surface area contributed by atoms with E-state index >= 15 is 0 Å². The van der Waals surface area contributed by atoms with Crippen LogP contribution in [0.4, 0.5) is 17.6 Å². The maximum atomic E-state index is 14.3. The molecule has 0 unspecified atom stereocenters. The number of hydrogen-bond donors (Lipinski definition) is 1. The predicted octanol–water partition coefficient (Wildman–Crippen LogP) is 3.72. The molecule has 0 aromatic heterocycles. The third-order valence-electron chi connectivity index (χ3n) is 4.11. The Balaban J connectivity index is 1.77. The van der Waals surface area contributed by atoms with Crippen LogP contribution in [0, 0.1) is 0 Å². The summed E-state index contributed by atoms with van der Waals surface area (Å²) in [7, 11) is 0. The van der Waals surface area contributed by atoms with E-state index in [0.29, 0.717) is 5.56 Å². The predicted molar refractivity (Wildman–Crippen MR) is 81.2 cm³/mol. The lowest BCUT2D eigenvalue weighted by molar-refractivity contribution is -0.309. The van der Waals surface area contributed by atoms with Crippen LogP contribution in [0.25, 0.3) is 0 Å². The summed E-state index contributed by atoms with van der Waals surface area (Å²) >= 11 is 0. The third-order valence-corrected chi connectivity index (χ3v) is 4.11. The van der Waals surface area contributed by atoms with E-state index in [1.54, 1.807) is 30.3 Å². The molecule has 0 saturated carbocycles. The molecule has 0 bridgehead atoms. The van der Waals surface area contributed by atoms with Gasteiger partial charge in [-0.25, -0.2) is 0 Å². The second kappa shape index (κ2) is 6.40. The fourth-order valence-electron chi connectivity index (χ4n) is 2.69. The molecular weight excluding hydrogens is 340 g/mol. The second-order valence-electron chi connectivity index (χ2n) is 5.81. The lowest BCUT2D eigenvalue weighted by atomic mass is 9.96. The maximum Gasteiger partial charge on any atom is 0.369 e. The van der Waals surface area contributed by atoms with Gasteiger partial charge in [-0.3, -0.25) is 0 Å². The summed E-state index contributed by atoms with van der Waals surface area (Å²) in [5.41, 5.74) is 0.263. The van der Waals surface area contributed by atoms with Gasteiger partial charge >= 0.3 is 11.8 Å². The molecule has 1 saturated heterocycles. The summed E-state index contributed by atoms with van der Waals surface area (Å²) in [6.45, 7) is -0.821. The molecule has 25 heavy (non-hydrogen) atoms. The Morgan fingerprint density at radius 3 is 2.08 bits per heavy atom. The molecule has 1 fully saturated rings. The van der Waals surface area contributed by atoms with Gasteiger partial charge in [-0.15, -0.1) is 0 Å². The summed E-state index contributed by atoms with van der Waals surface area (Å²) in [5.74, 6) is -12.8. The minimum atomic E-state index is -4.80. The highest BCUT2D eigenvalue weighted by atomic mass is 19.3. The molecule has 0 radical (unpaired) electrons. The summed E-state index contributed by atoms with van der Waals surface area (Å²) in [6, 6.07) is 15.1. The Labute approximate surface area is 141 Å². The molecule has 1 aliphatic heterocycles. The van der Waals surface area contributed by atoms with Crippen molar-refractivity contribution in [2.45, 2.75) is 30.3 Å². The first-order valence-corrected chi connectivity index (χ1v) is 7.62. The number of halogens is 4. The normalized spacial score (nSPS) is 27.3. The van der Waals surface area contributed by atoms with Gasteiger partial charge in [-0.05, 0) is 5.56 Å². The van der Waals surface area contributed by atoms with Crippen molar-refractivity contribution in [2.24, 2.45) is 0 Å². The summed E-state index contributed by atoms with van der Waals surface area (Å²) in [4.78, 5) is 0. The van der Waals surface area contributed by atoms with Gasteiger partial charge in [-0.2, -0.15) is 17.6 Å². The van der Waals surface area contributed by atoms with Crippen LogP contribution in [0.1, 0.15) is 11.1 Å². The summed E-state index contributed by atoms with van der Waals surface area (Å²) < 4.78 is 66.8. The van der Waals surface area contributed by atoms with Crippen LogP contribution in [-0.4, -0.2) is 29.7 Å². The van der Waals surface area contributed by atoms with E-state index in [1.165, 1.54) is 18.2 Å². The quantitative estimate of drug-likeness (QED) is 0.830. The van der Waals surface area contributed by atoms with Crippen molar-refractivity contribution in [2.75, 3.05) is 6.61 Å². The lowest BCUT2D eigenvalue weighted by Crippen LogP contribution is -2.52. The molecule has 1 heterocycles.